The number of aromatic nitrogens is 4. The van der Waals surface area contributed by atoms with Crippen molar-refractivity contribution in [1.29, 1.82) is 0 Å². The van der Waals surface area contributed by atoms with Crippen molar-refractivity contribution in [3.8, 4) is 0 Å². The Morgan fingerprint density at radius 3 is 1.67 bits per heavy atom. The largest absolute Gasteiger partial charge is 0.481 e. The molecule has 0 saturated heterocycles. The number of carboxylic acids is 2. The maximum atomic E-state index is 12.6. The number of aryl methyl sites for hydroxylation is 2. The molecule has 24 heteroatoms. The van der Waals surface area contributed by atoms with Crippen LogP contribution < -0.4 is 20.7 Å². The van der Waals surface area contributed by atoms with Crippen LogP contribution in [-0.4, -0.2) is 143 Å². The lowest BCUT2D eigenvalue weighted by Gasteiger charge is -2.16. The Hall–Kier alpha value is -6.01. The number of sulfonamides is 1. The highest BCUT2D eigenvalue weighted by Crippen LogP contribution is 2.18. The molecule has 0 aliphatic rings. The fourth-order valence-electron chi connectivity index (χ4n) is 9.62. The van der Waals surface area contributed by atoms with Crippen LogP contribution >= 0.6 is 0 Å². The number of rotatable bonds is 58. The second-order valence-electron chi connectivity index (χ2n) is 22.5. The standard InChI is InChI=1S/C62H102N8O15S/c1-49-33-35-50(36-34-49)55(73)29-24-42-64-60(77)48-85-45-44-84-43-25-28-52(71)38-39-54(62(80)81)65-58(75)40-37-51(61(78)79)47-53(72)27-20-16-12-8-7-11-15-19-23-41-63-57(74)32-26-46-86(82,83)68-59(76)31-22-18-14-10-6-4-2-3-5-9-13-17-21-30-56-66-69-70-67-56/h33-36,51,54H,2-32,37-48H2,1H3,(H,63,74)(H,64,77)(H,65,75)(H,68,76)(H,78,79)(H,80,81)(H,66,67,69,70)/t51-,54?/m1/s1. The highest BCUT2D eigenvalue weighted by atomic mass is 32.2. The number of aromatic amines is 1. The van der Waals surface area contributed by atoms with E-state index in [1.165, 1.54) is 51.4 Å². The summed E-state index contributed by atoms with van der Waals surface area (Å²) in [5.41, 5.74) is 1.71. The summed E-state index contributed by atoms with van der Waals surface area (Å²) >= 11 is 0. The Morgan fingerprint density at radius 1 is 0.523 bits per heavy atom. The first-order valence-corrected chi connectivity index (χ1v) is 33.4. The van der Waals surface area contributed by atoms with Gasteiger partial charge in [-0.2, -0.15) is 5.21 Å². The van der Waals surface area contributed by atoms with Gasteiger partial charge in [-0.05, 0) is 64.7 Å². The molecule has 2 aromatic rings. The zero-order valence-electron chi connectivity index (χ0n) is 51.3. The molecule has 0 fully saturated rings. The number of hydrogen-bond donors (Lipinski definition) is 7. The smallest absolute Gasteiger partial charge is 0.326 e. The van der Waals surface area contributed by atoms with Gasteiger partial charge in [0, 0.05) is 83.0 Å². The number of tetrazole rings is 1. The molecule has 86 heavy (non-hydrogen) atoms. The third-order valence-electron chi connectivity index (χ3n) is 14.7. The quantitative estimate of drug-likeness (QED) is 0.0240. The molecule has 0 aliphatic carbocycles. The molecule has 0 spiro atoms. The van der Waals surface area contributed by atoms with Gasteiger partial charge in [0.05, 0.1) is 24.9 Å². The van der Waals surface area contributed by atoms with Gasteiger partial charge in [-0.3, -0.25) is 43.1 Å². The van der Waals surface area contributed by atoms with Gasteiger partial charge in [-0.25, -0.2) is 13.2 Å². The summed E-state index contributed by atoms with van der Waals surface area (Å²) in [7, 11) is -3.80. The van der Waals surface area contributed by atoms with E-state index in [4.69, 9.17) is 9.47 Å². The first-order valence-electron chi connectivity index (χ1n) is 31.8. The van der Waals surface area contributed by atoms with Crippen molar-refractivity contribution in [2.45, 2.75) is 244 Å². The Balaban J connectivity index is 1.38. The summed E-state index contributed by atoms with van der Waals surface area (Å²) in [6.45, 7) is 3.22. The number of nitrogens with zero attached hydrogens (tertiary/aromatic N) is 3. The second kappa shape index (κ2) is 49.0. The lowest BCUT2D eigenvalue weighted by atomic mass is 9.94. The number of carbonyl (C=O) groups excluding carboxylic acids is 7. The normalized spacial score (nSPS) is 12.1. The van der Waals surface area contributed by atoms with Gasteiger partial charge in [-0.1, -0.05) is 151 Å². The van der Waals surface area contributed by atoms with Crippen LogP contribution in [0, 0.1) is 12.8 Å². The highest BCUT2D eigenvalue weighted by Gasteiger charge is 2.25. The van der Waals surface area contributed by atoms with E-state index in [1.807, 2.05) is 19.1 Å². The molecule has 0 radical (unpaired) electrons. The molecule has 0 saturated carbocycles. The van der Waals surface area contributed by atoms with Gasteiger partial charge in [-0.15, -0.1) is 10.2 Å². The van der Waals surface area contributed by atoms with Crippen LogP contribution in [0.1, 0.15) is 246 Å². The summed E-state index contributed by atoms with van der Waals surface area (Å²) < 4.78 is 37.7. The van der Waals surface area contributed by atoms with Crippen molar-refractivity contribution in [1.82, 2.24) is 41.3 Å². The molecule has 1 aromatic carbocycles. The number of Topliss-reactive ketones (excluding diaryl/α,β-unsaturated/α-hetero) is 3. The minimum atomic E-state index is -3.80. The number of unbranched alkanes of at least 4 members (excludes halogenated alkanes) is 20. The number of ether oxygens (including phenoxy) is 2. The third-order valence-corrected chi connectivity index (χ3v) is 16.1. The van der Waals surface area contributed by atoms with E-state index in [0.717, 1.165) is 94.9 Å². The van der Waals surface area contributed by atoms with E-state index in [0.29, 0.717) is 50.8 Å². The molecule has 486 valence electrons. The molecule has 1 aromatic heterocycles. The Bertz CT molecular complexity index is 2360. The summed E-state index contributed by atoms with van der Waals surface area (Å²) in [4.78, 5) is 110. The number of amides is 4. The Kier molecular flexibility index (Phi) is 43.4. The van der Waals surface area contributed by atoms with E-state index in [9.17, 15) is 61.8 Å². The van der Waals surface area contributed by atoms with Crippen molar-refractivity contribution in [3.05, 3.63) is 41.2 Å². The Morgan fingerprint density at radius 2 is 1.07 bits per heavy atom. The van der Waals surface area contributed by atoms with Crippen molar-refractivity contribution < 1.29 is 71.3 Å². The molecule has 1 unspecified atom stereocenters. The highest BCUT2D eigenvalue weighted by molar-refractivity contribution is 7.90. The van der Waals surface area contributed by atoms with E-state index >= 15 is 0 Å². The molecule has 23 nitrogen and oxygen atoms in total. The number of carbonyl (C=O) groups is 9. The van der Waals surface area contributed by atoms with Crippen molar-refractivity contribution >= 4 is 62.9 Å². The molecule has 0 bridgehead atoms. The fourth-order valence-corrected chi connectivity index (χ4v) is 10.7. The van der Waals surface area contributed by atoms with Crippen LogP contribution in [0.4, 0.5) is 0 Å². The number of benzene rings is 1. The lowest BCUT2D eigenvalue weighted by molar-refractivity contribution is -0.145. The molecular weight excluding hydrogens is 1130 g/mol. The summed E-state index contributed by atoms with van der Waals surface area (Å²) in [6, 6.07) is 5.99. The molecule has 4 amide bonds. The van der Waals surface area contributed by atoms with Crippen LogP contribution in [0.25, 0.3) is 0 Å². The molecule has 1 heterocycles. The van der Waals surface area contributed by atoms with Crippen molar-refractivity contribution in [2.24, 2.45) is 5.92 Å². The number of aliphatic carboxylic acids is 2. The number of carboxylic acid groups (broad SMARTS) is 2. The predicted molar refractivity (Wildman–Crippen MR) is 325 cm³/mol. The number of nitrogens with one attached hydrogen (secondary N) is 5. The van der Waals surface area contributed by atoms with E-state index in [2.05, 4.69) is 41.3 Å². The average molecular weight is 1230 g/mol. The summed E-state index contributed by atoms with van der Waals surface area (Å²) in [5, 5.41) is 41.3. The van der Waals surface area contributed by atoms with Gasteiger partial charge >= 0.3 is 11.9 Å². The van der Waals surface area contributed by atoms with Gasteiger partial charge in [0.2, 0.25) is 33.7 Å². The number of hydrogen-bond acceptors (Lipinski definition) is 16. The fraction of sp³-hybridized carbons (Fsp3) is 0.742. The van der Waals surface area contributed by atoms with Gasteiger partial charge < -0.3 is 35.6 Å². The monoisotopic (exact) mass is 1230 g/mol. The average Bonchev–Trinajstić information content (AvgIpc) is 4.06. The molecule has 2 rings (SSSR count). The van der Waals surface area contributed by atoms with Crippen molar-refractivity contribution in [3.63, 3.8) is 0 Å². The zero-order valence-corrected chi connectivity index (χ0v) is 52.1. The molecule has 0 aliphatic heterocycles. The van der Waals surface area contributed by atoms with Gasteiger partial charge in [0.15, 0.2) is 11.6 Å². The summed E-state index contributed by atoms with van der Waals surface area (Å²) in [5.74, 6) is -5.29. The second-order valence-corrected chi connectivity index (χ2v) is 24.4. The van der Waals surface area contributed by atoms with E-state index in [1.54, 1.807) is 12.1 Å². The van der Waals surface area contributed by atoms with E-state index in [-0.39, 0.29) is 126 Å². The summed E-state index contributed by atoms with van der Waals surface area (Å²) in [6.07, 6.45) is 24.6. The first kappa shape index (κ1) is 76.1. The SMILES string of the molecule is Cc1ccc(C(=O)CCCNC(=O)COCCOCCCC(=O)CCC(NC(=O)CC[C@H](CC(=O)CCCCCCCCCCCNC(=O)CCCS(=O)(=O)NC(=O)CCCCCCCCCCCCCCCc2nn[nH]n2)C(=O)O)C(=O)O)cc1. The molecular formula is C62H102N8O15S. The molecule has 2 atom stereocenters. The lowest BCUT2D eigenvalue weighted by Crippen LogP contribution is -2.41. The van der Waals surface area contributed by atoms with Gasteiger partial charge in [0.1, 0.15) is 24.2 Å². The number of ketones is 3. The minimum absolute atomic E-state index is 0.0136. The van der Waals surface area contributed by atoms with Crippen LogP contribution in [0.5, 0.6) is 0 Å². The Labute approximate surface area is 510 Å². The topological polar surface area (TPSA) is 349 Å². The van der Waals surface area contributed by atoms with Crippen LogP contribution in [0.15, 0.2) is 24.3 Å². The van der Waals surface area contributed by atoms with E-state index < -0.39 is 45.7 Å². The first-order chi connectivity index (χ1) is 41.4. The zero-order chi connectivity index (χ0) is 62.9. The van der Waals surface area contributed by atoms with Crippen LogP contribution in [0.2, 0.25) is 0 Å². The maximum Gasteiger partial charge on any atom is 0.326 e. The molecule has 7 N–H and O–H groups in total. The van der Waals surface area contributed by atoms with Crippen LogP contribution in [-0.2, 0) is 64.3 Å². The maximum absolute atomic E-state index is 12.6. The third kappa shape index (κ3) is 42.7. The minimum Gasteiger partial charge on any atom is -0.481 e. The van der Waals surface area contributed by atoms with Crippen LogP contribution in [0.3, 0.4) is 0 Å². The van der Waals surface area contributed by atoms with Crippen molar-refractivity contribution in [2.75, 3.05) is 45.3 Å². The predicted octanol–water partition coefficient (Wildman–Crippen LogP) is 8.71. The van der Waals surface area contributed by atoms with Gasteiger partial charge in [0.25, 0.3) is 0 Å². The number of H-pyrrole nitrogens is 1.